The van der Waals surface area contributed by atoms with Crippen molar-refractivity contribution in [1.82, 2.24) is 5.32 Å². The molecule has 4 nitrogen and oxygen atoms in total. The molecule has 0 aliphatic heterocycles. The van der Waals surface area contributed by atoms with Crippen LogP contribution in [0.1, 0.15) is 23.2 Å². The first-order chi connectivity index (χ1) is 8.54. The Labute approximate surface area is 103 Å². The molecule has 18 heavy (non-hydrogen) atoms. The summed E-state index contributed by atoms with van der Waals surface area (Å²) in [5, 5.41) is 2.39. The van der Waals surface area contributed by atoms with Crippen LogP contribution in [0.25, 0.3) is 0 Å². The van der Waals surface area contributed by atoms with Crippen LogP contribution in [0.2, 0.25) is 0 Å². The van der Waals surface area contributed by atoms with Crippen molar-refractivity contribution in [2.45, 2.75) is 12.8 Å². The second-order valence-corrected chi connectivity index (χ2v) is 3.56. The highest BCUT2D eigenvalue weighted by atomic mass is 19.1. The zero-order valence-electron chi connectivity index (χ0n) is 9.83. The molecule has 0 bridgehead atoms. The van der Waals surface area contributed by atoms with E-state index in [-0.39, 0.29) is 24.5 Å². The Morgan fingerprint density at radius 2 is 2.06 bits per heavy atom. The molecule has 0 radical (unpaired) electrons. The van der Waals surface area contributed by atoms with E-state index in [2.05, 4.69) is 10.1 Å². The Hall–Kier alpha value is -1.98. The van der Waals surface area contributed by atoms with Gasteiger partial charge in [0.1, 0.15) is 11.6 Å². The van der Waals surface area contributed by atoms with Crippen molar-refractivity contribution in [3.8, 4) is 0 Å². The van der Waals surface area contributed by atoms with Crippen LogP contribution in [-0.4, -0.2) is 25.5 Å². The molecule has 1 aromatic rings. The molecule has 0 saturated heterocycles. The number of benzene rings is 1. The summed E-state index contributed by atoms with van der Waals surface area (Å²) < 4.78 is 30.5. The van der Waals surface area contributed by atoms with E-state index >= 15 is 0 Å². The summed E-state index contributed by atoms with van der Waals surface area (Å²) in [6, 6.07) is 2.65. The van der Waals surface area contributed by atoms with Crippen LogP contribution in [0.4, 0.5) is 8.78 Å². The van der Waals surface area contributed by atoms with Gasteiger partial charge in [-0.3, -0.25) is 9.59 Å². The zero-order chi connectivity index (χ0) is 13.5. The Morgan fingerprint density at radius 1 is 1.33 bits per heavy atom. The highest BCUT2D eigenvalue weighted by Crippen LogP contribution is 2.09. The van der Waals surface area contributed by atoms with Gasteiger partial charge in [-0.2, -0.15) is 0 Å². The summed E-state index contributed by atoms with van der Waals surface area (Å²) in [5.74, 6) is -2.57. The Bertz CT molecular complexity index is 449. The van der Waals surface area contributed by atoms with Gasteiger partial charge in [-0.15, -0.1) is 0 Å². The Balaban J connectivity index is 2.46. The van der Waals surface area contributed by atoms with Crippen molar-refractivity contribution >= 4 is 11.9 Å². The predicted molar refractivity (Wildman–Crippen MR) is 59.9 cm³/mol. The highest BCUT2D eigenvalue weighted by Gasteiger charge is 2.12. The van der Waals surface area contributed by atoms with Gasteiger partial charge in [-0.05, 0) is 24.6 Å². The lowest BCUT2D eigenvalue weighted by Crippen LogP contribution is -2.26. The molecule has 1 amide bonds. The minimum Gasteiger partial charge on any atom is -0.469 e. The molecule has 98 valence electrons. The van der Waals surface area contributed by atoms with Gasteiger partial charge in [0, 0.05) is 13.0 Å². The van der Waals surface area contributed by atoms with Gasteiger partial charge in [-0.25, -0.2) is 8.78 Å². The molecule has 0 aromatic heterocycles. The maximum atomic E-state index is 13.2. The number of halogens is 2. The van der Waals surface area contributed by atoms with E-state index in [9.17, 15) is 18.4 Å². The average molecular weight is 257 g/mol. The maximum absolute atomic E-state index is 13.2. The van der Waals surface area contributed by atoms with Crippen LogP contribution < -0.4 is 5.32 Å². The lowest BCUT2D eigenvalue weighted by Gasteiger charge is -2.05. The van der Waals surface area contributed by atoms with Crippen molar-refractivity contribution in [3.63, 3.8) is 0 Å². The summed E-state index contributed by atoms with van der Waals surface area (Å²) in [6.07, 6.45) is 0.526. The summed E-state index contributed by atoms with van der Waals surface area (Å²) >= 11 is 0. The zero-order valence-corrected chi connectivity index (χ0v) is 9.83. The van der Waals surface area contributed by atoms with Crippen molar-refractivity contribution in [2.75, 3.05) is 13.7 Å². The van der Waals surface area contributed by atoms with E-state index in [1.165, 1.54) is 7.11 Å². The lowest BCUT2D eigenvalue weighted by molar-refractivity contribution is -0.140. The summed E-state index contributed by atoms with van der Waals surface area (Å²) in [6.45, 7) is 0.184. The van der Waals surface area contributed by atoms with Crippen LogP contribution in [0.15, 0.2) is 18.2 Å². The molecule has 1 N–H and O–H groups in total. The average Bonchev–Trinajstić information content (AvgIpc) is 2.36. The molecule has 0 aliphatic carbocycles. The first-order valence-electron chi connectivity index (χ1n) is 5.34. The third kappa shape index (κ3) is 4.12. The minimum atomic E-state index is -0.790. The van der Waals surface area contributed by atoms with Crippen molar-refractivity contribution < 1.29 is 23.1 Å². The predicted octanol–water partition coefficient (Wildman–Crippen LogP) is 1.65. The fraction of sp³-hybridized carbons (Fsp3) is 0.333. The third-order valence-corrected chi connectivity index (χ3v) is 2.24. The molecule has 0 heterocycles. The molecule has 0 spiro atoms. The van der Waals surface area contributed by atoms with Gasteiger partial charge in [0.15, 0.2) is 0 Å². The van der Waals surface area contributed by atoms with Crippen molar-refractivity contribution in [1.29, 1.82) is 0 Å². The topological polar surface area (TPSA) is 55.4 Å². The van der Waals surface area contributed by atoms with Crippen LogP contribution in [0.3, 0.4) is 0 Å². The van der Waals surface area contributed by atoms with Crippen molar-refractivity contribution in [3.05, 3.63) is 35.4 Å². The number of hydrogen-bond donors (Lipinski definition) is 1. The summed E-state index contributed by atoms with van der Waals surface area (Å²) in [4.78, 5) is 22.3. The molecule has 0 aliphatic rings. The highest BCUT2D eigenvalue weighted by molar-refractivity contribution is 5.94. The van der Waals surface area contributed by atoms with E-state index in [1.807, 2.05) is 0 Å². The third-order valence-electron chi connectivity index (χ3n) is 2.24. The van der Waals surface area contributed by atoms with Crippen LogP contribution >= 0.6 is 0 Å². The monoisotopic (exact) mass is 257 g/mol. The molecule has 1 rings (SSSR count). The number of carbonyl (C=O) groups is 2. The molecule has 0 fully saturated rings. The Morgan fingerprint density at radius 3 is 2.72 bits per heavy atom. The molecule has 0 unspecified atom stereocenters. The van der Waals surface area contributed by atoms with Gasteiger partial charge in [-0.1, -0.05) is 0 Å². The molecule has 0 saturated carbocycles. The van der Waals surface area contributed by atoms with Gasteiger partial charge < -0.3 is 10.1 Å². The number of rotatable bonds is 5. The van der Waals surface area contributed by atoms with Crippen molar-refractivity contribution in [2.24, 2.45) is 0 Å². The van der Waals surface area contributed by atoms with E-state index in [1.54, 1.807) is 0 Å². The fourth-order valence-corrected chi connectivity index (χ4v) is 1.30. The molecule has 6 heteroatoms. The number of ether oxygens (including phenoxy) is 1. The quantitative estimate of drug-likeness (QED) is 0.644. The number of amides is 1. The van der Waals surface area contributed by atoms with Gasteiger partial charge in [0.05, 0.1) is 12.7 Å². The van der Waals surface area contributed by atoms with E-state index in [0.29, 0.717) is 6.42 Å². The van der Waals surface area contributed by atoms with Gasteiger partial charge in [0.25, 0.3) is 5.91 Å². The van der Waals surface area contributed by atoms with E-state index < -0.39 is 17.5 Å². The molecule has 1 aromatic carbocycles. The number of methoxy groups -OCH3 is 1. The summed E-state index contributed by atoms with van der Waals surface area (Å²) in [7, 11) is 1.27. The maximum Gasteiger partial charge on any atom is 0.305 e. The van der Waals surface area contributed by atoms with Crippen LogP contribution in [0.5, 0.6) is 0 Å². The smallest absolute Gasteiger partial charge is 0.305 e. The Kier molecular flexibility index (Phi) is 5.23. The SMILES string of the molecule is COC(=O)CCCNC(=O)c1cc(F)ccc1F. The minimum absolute atomic E-state index is 0.155. The van der Waals surface area contributed by atoms with Crippen LogP contribution in [-0.2, 0) is 9.53 Å². The lowest BCUT2D eigenvalue weighted by atomic mass is 10.2. The fourth-order valence-electron chi connectivity index (χ4n) is 1.30. The first-order valence-corrected chi connectivity index (χ1v) is 5.34. The summed E-state index contributed by atoms with van der Waals surface area (Å²) in [5.41, 5.74) is -0.354. The molecule has 0 atom stereocenters. The standard InChI is InChI=1S/C12H13F2NO3/c1-18-11(16)3-2-6-15-12(17)9-7-8(13)4-5-10(9)14/h4-5,7H,2-3,6H2,1H3,(H,15,17). The second kappa shape index (κ2) is 6.68. The number of nitrogens with one attached hydrogen (secondary N) is 1. The second-order valence-electron chi connectivity index (χ2n) is 3.56. The number of hydrogen-bond acceptors (Lipinski definition) is 3. The first kappa shape index (κ1) is 14.1. The molecular weight excluding hydrogens is 244 g/mol. The van der Waals surface area contributed by atoms with E-state index in [4.69, 9.17) is 0 Å². The normalized spacial score (nSPS) is 9.94. The number of carbonyl (C=O) groups excluding carboxylic acids is 2. The van der Waals surface area contributed by atoms with Gasteiger partial charge in [0.2, 0.25) is 0 Å². The van der Waals surface area contributed by atoms with Gasteiger partial charge >= 0.3 is 5.97 Å². The largest absolute Gasteiger partial charge is 0.469 e. The number of esters is 1. The van der Waals surface area contributed by atoms with E-state index in [0.717, 1.165) is 18.2 Å². The molecular formula is C12H13F2NO3. The van der Waals surface area contributed by atoms with Crippen LogP contribution in [0, 0.1) is 11.6 Å².